The number of carbonyl (C=O) groups excluding carboxylic acids is 1. The number of thiophene rings is 1. The number of piperazine rings is 1. The van der Waals surface area contributed by atoms with Gasteiger partial charge in [-0.1, -0.05) is 12.1 Å². The molecule has 1 N–H and O–H groups in total. The van der Waals surface area contributed by atoms with E-state index in [1.807, 2.05) is 37.8 Å². The van der Waals surface area contributed by atoms with E-state index in [0.29, 0.717) is 0 Å². The average molecular weight is 454 g/mol. The van der Waals surface area contributed by atoms with Crippen LogP contribution in [-0.4, -0.2) is 51.7 Å². The van der Waals surface area contributed by atoms with E-state index in [2.05, 4.69) is 58.5 Å². The number of hydrogen-bond acceptors (Lipinski definition) is 7. The van der Waals surface area contributed by atoms with Gasteiger partial charge in [-0.05, 0) is 64.6 Å². The Kier molecular flexibility index (Phi) is 5.99. The monoisotopic (exact) mass is 453 g/mol. The van der Waals surface area contributed by atoms with Gasteiger partial charge >= 0.3 is 6.09 Å². The summed E-state index contributed by atoms with van der Waals surface area (Å²) in [6.45, 7) is 13.4. The normalized spacial score (nSPS) is 19.3. The molecule has 3 aromatic rings. The summed E-state index contributed by atoms with van der Waals surface area (Å²) in [6.07, 6.45) is 1.35. The van der Waals surface area contributed by atoms with Crippen molar-refractivity contribution < 1.29 is 9.53 Å². The van der Waals surface area contributed by atoms with Crippen molar-refractivity contribution in [1.82, 2.24) is 14.9 Å². The van der Waals surface area contributed by atoms with E-state index >= 15 is 0 Å². The highest BCUT2D eigenvalue weighted by molar-refractivity contribution is 7.17. The van der Waals surface area contributed by atoms with Gasteiger partial charge in [0.25, 0.3) is 0 Å². The molecule has 0 bridgehead atoms. The van der Waals surface area contributed by atoms with Crippen LogP contribution in [0.2, 0.25) is 0 Å². The smallest absolute Gasteiger partial charge is 0.410 e. The van der Waals surface area contributed by atoms with Crippen LogP contribution in [0.3, 0.4) is 0 Å². The minimum atomic E-state index is -0.507. The third-order valence-corrected chi connectivity index (χ3v) is 6.58. The number of carbonyl (C=O) groups is 1. The van der Waals surface area contributed by atoms with E-state index in [0.717, 1.165) is 40.5 Å². The Morgan fingerprint density at radius 1 is 1.16 bits per heavy atom. The van der Waals surface area contributed by atoms with Crippen molar-refractivity contribution >= 4 is 44.8 Å². The Hall–Kier alpha value is -2.87. The Balaban J connectivity index is 1.58. The van der Waals surface area contributed by atoms with Gasteiger partial charge in [-0.2, -0.15) is 0 Å². The van der Waals surface area contributed by atoms with Crippen LogP contribution in [0.15, 0.2) is 36.0 Å². The molecule has 1 aliphatic rings. The molecule has 8 heteroatoms. The maximum Gasteiger partial charge on any atom is 0.410 e. The summed E-state index contributed by atoms with van der Waals surface area (Å²) in [6, 6.07) is 8.29. The molecule has 170 valence electrons. The van der Waals surface area contributed by atoms with Crippen LogP contribution in [-0.2, 0) is 4.74 Å². The largest absolute Gasteiger partial charge is 0.444 e. The van der Waals surface area contributed by atoms with Crippen molar-refractivity contribution in [2.24, 2.45) is 0 Å². The first-order valence-electron chi connectivity index (χ1n) is 10.9. The molecule has 1 amide bonds. The summed E-state index contributed by atoms with van der Waals surface area (Å²) >= 11 is 1.63. The van der Waals surface area contributed by atoms with Crippen LogP contribution in [0, 0.1) is 6.92 Å². The number of ether oxygens (including phenoxy) is 1. The number of aromatic nitrogens is 2. The molecule has 2 atom stereocenters. The van der Waals surface area contributed by atoms with Gasteiger partial charge in [0.2, 0.25) is 0 Å². The van der Waals surface area contributed by atoms with E-state index in [4.69, 9.17) is 4.74 Å². The molecule has 0 saturated carbocycles. The second kappa shape index (κ2) is 8.58. The van der Waals surface area contributed by atoms with Crippen LogP contribution < -0.4 is 10.2 Å². The first-order chi connectivity index (χ1) is 15.1. The Bertz CT molecular complexity index is 1110. The van der Waals surface area contributed by atoms with Crippen molar-refractivity contribution in [2.75, 3.05) is 23.3 Å². The van der Waals surface area contributed by atoms with Crippen LogP contribution in [0.5, 0.6) is 0 Å². The van der Waals surface area contributed by atoms with E-state index in [1.165, 1.54) is 5.56 Å². The molecule has 1 saturated heterocycles. The van der Waals surface area contributed by atoms with Gasteiger partial charge in [0, 0.05) is 13.1 Å². The minimum absolute atomic E-state index is 0.0199. The lowest BCUT2D eigenvalue weighted by Gasteiger charge is -2.45. The third-order valence-electron chi connectivity index (χ3n) is 5.58. The predicted molar refractivity (Wildman–Crippen MR) is 131 cm³/mol. The van der Waals surface area contributed by atoms with E-state index in [1.54, 1.807) is 17.7 Å². The highest BCUT2D eigenvalue weighted by atomic mass is 32.1. The van der Waals surface area contributed by atoms with Crippen molar-refractivity contribution in [2.45, 2.75) is 59.2 Å². The van der Waals surface area contributed by atoms with E-state index in [9.17, 15) is 4.79 Å². The molecule has 2 aromatic heterocycles. The minimum Gasteiger partial charge on any atom is -0.444 e. The lowest BCUT2D eigenvalue weighted by Crippen LogP contribution is -2.59. The molecular formula is C24H31N5O2S. The first-order valence-corrected chi connectivity index (χ1v) is 11.8. The Morgan fingerprint density at radius 2 is 1.84 bits per heavy atom. The molecule has 32 heavy (non-hydrogen) atoms. The predicted octanol–water partition coefficient (Wildman–Crippen LogP) is 5.58. The number of nitrogens with one attached hydrogen (secondary N) is 1. The maximum absolute atomic E-state index is 12.8. The lowest BCUT2D eigenvalue weighted by molar-refractivity contribution is 0.00567. The van der Waals surface area contributed by atoms with Gasteiger partial charge in [0.1, 0.15) is 22.6 Å². The van der Waals surface area contributed by atoms with Gasteiger partial charge < -0.3 is 15.0 Å². The molecule has 4 rings (SSSR count). The number of para-hydroxylation sites is 2. The topological polar surface area (TPSA) is 70.6 Å². The fourth-order valence-electron chi connectivity index (χ4n) is 4.29. The molecule has 3 heterocycles. The fourth-order valence-corrected chi connectivity index (χ4v) is 5.18. The summed E-state index contributed by atoms with van der Waals surface area (Å²) < 4.78 is 5.65. The van der Waals surface area contributed by atoms with Crippen LogP contribution in [0.1, 0.15) is 40.2 Å². The van der Waals surface area contributed by atoms with Crippen molar-refractivity contribution in [3.8, 4) is 0 Å². The van der Waals surface area contributed by atoms with Crippen LogP contribution in [0.25, 0.3) is 10.2 Å². The van der Waals surface area contributed by atoms with Crippen molar-refractivity contribution in [3.63, 3.8) is 0 Å². The summed E-state index contributed by atoms with van der Waals surface area (Å²) in [5, 5.41) is 6.71. The van der Waals surface area contributed by atoms with Gasteiger partial charge in [-0.25, -0.2) is 14.8 Å². The number of rotatable bonds is 3. The molecule has 0 radical (unpaired) electrons. The number of hydrogen-bond donors (Lipinski definition) is 1. The number of nitrogens with zero attached hydrogens (tertiary/aromatic N) is 4. The molecule has 2 unspecified atom stereocenters. The molecule has 0 spiro atoms. The highest BCUT2D eigenvalue weighted by Gasteiger charge is 2.36. The summed E-state index contributed by atoms with van der Waals surface area (Å²) in [4.78, 5) is 26.9. The number of aryl methyl sites for hydroxylation is 1. The summed E-state index contributed by atoms with van der Waals surface area (Å²) in [5.41, 5.74) is 2.74. The van der Waals surface area contributed by atoms with Gasteiger partial charge in [0.05, 0.1) is 28.8 Å². The summed E-state index contributed by atoms with van der Waals surface area (Å²) in [5.74, 6) is 0.815. The lowest BCUT2D eigenvalue weighted by atomic mass is 10.1. The highest BCUT2D eigenvalue weighted by Crippen LogP contribution is 2.35. The first kappa shape index (κ1) is 22.3. The second-order valence-corrected chi connectivity index (χ2v) is 10.3. The van der Waals surface area contributed by atoms with Gasteiger partial charge in [0.15, 0.2) is 0 Å². The van der Waals surface area contributed by atoms with Crippen LogP contribution >= 0.6 is 11.3 Å². The molecule has 0 aliphatic carbocycles. The van der Waals surface area contributed by atoms with Gasteiger partial charge in [-0.15, -0.1) is 11.3 Å². The SMILES string of the molecule is Cc1csc2ncnc(Nc3ccccc3N3CC(C)N(C(=O)OC(C)(C)C)C(C)C3)c12. The van der Waals surface area contributed by atoms with Gasteiger partial charge in [-0.3, -0.25) is 4.90 Å². The van der Waals surface area contributed by atoms with Crippen molar-refractivity contribution in [3.05, 3.63) is 41.5 Å². The zero-order valence-electron chi connectivity index (χ0n) is 19.5. The molecular weight excluding hydrogens is 422 g/mol. The second-order valence-electron chi connectivity index (χ2n) is 9.45. The maximum atomic E-state index is 12.8. The van der Waals surface area contributed by atoms with Crippen molar-refractivity contribution in [1.29, 1.82) is 0 Å². The standard InChI is InChI=1S/C24H31N5O2S/c1-15-13-32-22-20(15)21(25-14-26-22)27-18-9-7-8-10-19(18)28-11-16(2)29(17(3)12-28)23(30)31-24(4,5)6/h7-10,13-14,16-17H,11-12H2,1-6H3,(H,25,26,27). The van der Waals surface area contributed by atoms with E-state index < -0.39 is 5.60 Å². The average Bonchev–Trinajstić information content (AvgIpc) is 3.08. The molecule has 1 fully saturated rings. The Labute approximate surface area is 193 Å². The molecule has 7 nitrogen and oxygen atoms in total. The number of anilines is 3. The number of fused-ring (bicyclic) bond motifs is 1. The molecule has 1 aromatic carbocycles. The number of benzene rings is 1. The zero-order valence-corrected chi connectivity index (χ0v) is 20.4. The van der Waals surface area contributed by atoms with E-state index in [-0.39, 0.29) is 18.2 Å². The number of amides is 1. The fraction of sp³-hybridized carbons (Fsp3) is 0.458. The zero-order chi connectivity index (χ0) is 23.0. The molecule has 1 aliphatic heterocycles. The third kappa shape index (κ3) is 4.50. The quantitative estimate of drug-likeness (QED) is 0.558. The Morgan fingerprint density at radius 3 is 2.53 bits per heavy atom. The van der Waals surface area contributed by atoms with Crippen LogP contribution in [0.4, 0.5) is 22.0 Å². The summed E-state index contributed by atoms with van der Waals surface area (Å²) in [7, 11) is 0.